The van der Waals surface area contributed by atoms with E-state index < -0.39 is 0 Å². The molecule has 1 N–H and O–H groups in total. The fourth-order valence-corrected chi connectivity index (χ4v) is 2.57. The van der Waals surface area contributed by atoms with E-state index in [0.29, 0.717) is 11.0 Å². The Hall–Kier alpha value is -1.81. The van der Waals surface area contributed by atoms with Gasteiger partial charge in [-0.3, -0.25) is 0 Å². The lowest BCUT2D eigenvalue weighted by Crippen LogP contribution is -2.30. The third-order valence-corrected chi connectivity index (χ3v) is 3.77. The minimum atomic E-state index is 0.584. The summed E-state index contributed by atoms with van der Waals surface area (Å²) in [6.07, 6.45) is 5.57. The molecule has 1 aliphatic rings. The molecule has 2 heterocycles. The second-order valence-corrected chi connectivity index (χ2v) is 5.30. The fraction of sp³-hybridized carbons (Fsp3) is 0.333. The molecule has 1 aromatic heterocycles. The Morgan fingerprint density at radius 1 is 1.05 bits per heavy atom. The zero-order valence-electron chi connectivity index (χ0n) is 11.2. The van der Waals surface area contributed by atoms with Gasteiger partial charge in [-0.25, -0.2) is 4.98 Å². The highest BCUT2D eigenvalue weighted by atomic mass is 35.5. The second-order valence-electron chi connectivity index (χ2n) is 4.89. The van der Waals surface area contributed by atoms with Crippen LogP contribution in [0.3, 0.4) is 0 Å². The van der Waals surface area contributed by atoms with Gasteiger partial charge in [0.1, 0.15) is 5.82 Å². The smallest absolute Gasteiger partial charge is 0.229 e. The van der Waals surface area contributed by atoms with E-state index in [1.165, 1.54) is 19.3 Å². The highest BCUT2D eigenvalue weighted by Crippen LogP contribution is 2.24. The monoisotopic (exact) mass is 288 g/mol. The molecule has 1 aromatic carbocycles. The summed E-state index contributed by atoms with van der Waals surface area (Å²) in [7, 11) is 0. The van der Waals surface area contributed by atoms with Crippen LogP contribution in [-0.4, -0.2) is 23.1 Å². The molecule has 0 spiro atoms. The Morgan fingerprint density at radius 3 is 2.65 bits per heavy atom. The molecule has 5 heteroatoms. The van der Waals surface area contributed by atoms with Crippen LogP contribution in [0.25, 0.3) is 0 Å². The normalized spacial score (nSPS) is 15.2. The van der Waals surface area contributed by atoms with Crippen molar-refractivity contribution < 1.29 is 0 Å². The summed E-state index contributed by atoms with van der Waals surface area (Å²) in [5, 5.41) is 3.84. The number of hydrogen-bond acceptors (Lipinski definition) is 4. The zero-order chi connectivity index (χ0) is 13.8. The molecule has 0 amide bonds. The number of benzene rings is 1. The van der Waals surface area contributed by atoms with Crippen LogP contribution in [-0.2, 0) is 0 Å². The Bertz CT molecular complexity index is 582. The largest absolute Gasteiger partial charge is 0.356 e. The van der Waals surface area contributed by atoms with Crippen molar-refractivity contribution in [3.63, 3.8) is 0 Å². The van der Waals surface area contributed by atoms with Crippen LogP contribution in [0.4, 0.5) is 17.5 Å². The van der Waals surface area contributed by atoms with E-state index in [9.17, 15) is 0 Å². The molecule has 0 atom stereocenters. The molecule has 4 nitrogen and oxygen atoms in total. The van der Waals surface area contributed by atoms with E-state index in [2.05, 4.69) is 20.2 Å². The maximum absolute atomic E-state index is 6.13. The quantitative estimate of drug-likeness (QED) is 0.931. The summed E-state index contributed by atoms with van der Waals surface area (Å²) in [4.78, 5) is 11.1. The summed E-state index contributed by atoms with van der Waals surface area (Å²) in [6.45, 7) is 2.14. The molecule has 0 radical (unpaired) electrons. The van der Waals surface area contributed by atoms with Gasteiger partial charge in [0.15, 0.2) is 0 Å². The highest BCUT2D eigenvalue weighted by Gasteiger charge is 2.12. The third-order valence-electron chi connectivity index (χ3n) is 3.44. The average Bonchev–Trinajstić information content (AvgIpc) is 2.51. The molecule has 3 rings (SSSR count). The van der Waals surface area contributed by atoms with Gasteiger partial charge in [-0.1, -0.05) is 23.7 Å². The number of aromatic nitrogens is 2. The van der Waals surface area contributed by atoms with E-state index in [-0.39, 0.29) is 0 Å². The van der Waals surface area contributed by atoms with Crippen molar-refractivity contribution in [3.05, 3.63) is 41.6 Å². The van der Waals surface area contributed by atoms with Gasteiger partial charge in [0, 0.05) is 19.3 Å². The maximum atomic E-state index is 6.13. The molecule has 1 aliphatic heterocycles. The van der Waals surface area contributed by atoms with Gasteiger partial charge in [0.25, 0.3) is 0 Å². The van der Waals surface area contributed by atoms with E-state index in [4.69, 9.17) is 11.6 Å². The lowest BCUT2D eigenvalue weighted by molar-refractivity contribution is 0.573. The molecule has 104 valence electrons. The van der Waals surface area contributed by atoms with Gasteiger partial charge < -0.3 is 10.2 Å². The molecule has 0 saturated carbocycles. The molecule has 0 bridgehead atoms. The first-order valence-corrected chi connectivity index (χ1v) is 7.30. The minimum Gasteiger partial charge on any atom is -0.356 e. The second kappa shape index (κ2) is 6.09. The van der Waals surface area contributed by atoms with Crippen molar-refractivity contribution in [2.24, 2.45) is 0 Å². The molecule has 2 aromatic rings. The number of nitrogens with zero attached hydrogens (tertiary/aromatic N) is 3. The van der Waals surface area contributed by atoms with Crippen LogP contribution in [0.2, 0.25) is 5.02 Å². The van der Waals surface area contributed by atoms with Crippen molar-refractivity contribution in [2.45, 2.75) is 19.3 Å². The van der Waals surface area contributed by atoms with Gasteiger partial charge >= 0.3 is 0 Å². The van der Waals surface area contributed by atoms with Crippen molar-refractivity contribution >= 4 is 29.1 Å². The van der Waals surface area contributed by atoms with Gasteiger partial charge in [0.2, 0.25) is 5.95 Å². The topological polar surface area (TPSA) is 41.1 Å². The standard InChI is InChI=1S/C15H17ClN4/c16-12-6-2-3-7-13(12)18-15-17-9-8-14(19-15)20-10-4-1-5-11-20/h2-3,6-9H,1,4-5,10-11H2,(H,17,18,19). The predicted octanol–water partition coefficient (Wildman–Crippen LogP) is 3.86. The number of halogens is 1. The van der Waals surface area contributed by atoms with Crippen molar-refractivity contribution in [1.29, 1.82) is 0 Å². The van der Waals surface area contributed by atoms with Crippen molar-refractivity contribution in [2.75, 3.05) is 23.3 Å². The maximum Gasteiger partial charge on any atom is 0.229 e. The lowest BCUT2D eigenvalue weighted by atomic mass is 10.1. The predicted molar refractivity (Wildman–Crippen MR) is 82.8 cm³/mol. The van der Waals surface area contributed by atoms with Crippen LogP contribution in [0, 0.1) is 0 Å². The summed E-state index contributed by atoms with van der Waals surface area (Å²) in [5.41, 5.74) is 0.824. The molecule has 0 aliphatic carbocycles. The Balaban J connectivity index is 1.79. The van der Waals surface area contributed by atoms with E-state index in [1.54, 1.807) is 6.20 Å². The number of hydrogen-bond donors (Lipinski definition) is 1. The fourth-order valence-electron chi connectivity index (χ4n) is 2.39. The summed E-state index contributed by atoms with van der Waals surface area (Å²) < 4.78 is 0. The summed E-state index contributed by atoms with van der Waals surface area (Å²) in [6, 6.07) is 9.56. The lowest BCUT2D eigenvalue weighted by Gasteiger charge is -2.27. The first-order chi connectivity index (χ1) is 9.83. The third kappa shape index (κ3) is 3.02. The van der Waals surface area contributed by atoms with E-state index in [1.807, 2.05) is 30.3 Å². The number of para-hydroxylation sites is 1. The van der Waals surface area contributed by atoms with Gasteiger partial charge in [0.05, 0.1) is 10.7 Å². The molecule has 1 fully saturated rings. The van der Waals surface area contributed by atoms with Gasteiger partial charge in [-0.05, 0) is 37.5 Å². The number of rotatable bonds is 3. The SMILES string of the molecule is Clc1ccccc1Nc1nccc(N2CCCCC2)n1. The number of piperidine rings is 1. The van der Waals surface area contributed by atoms with Crippen molar-refractivity contribution in [1.82, 2.24) is 9.97 Å². The van der Waals surface area contributed by atoms with Gasteiger partial charge in [-0.15, -0.1) is 0 Å². The van der Waals surface area contributed by atoms with Crippen LogP contribution in [0.5, 0.6) is 0 Å². The molecule has 20 heavy (non-hydrogen) atoms. The van der Waals surface area contributed by atoms with Crippen LogP contribution in [0.15, 0.2) is 36.5 Å². The summed E-state index contributed by atoms with van der Waals surface area (Å²) in [5.74, 6) is 1.57. The Kier molecular flexibility index (Phi) is 4.02. The zero-order valence-corrected chi connectivity index (χ0v) is 12.0. The van der Waals surface area contributed by atoms with Crippen molar-refractivity contribution in [3.8, 4) is 0 Å². The van der Waals surface area contributed by atoms with Gasteiger partial charge in [-0.2, -0.15) is 4.98 Å². The Morgan fingerprint density at radius 2 is 1.85 bits per heavy atom. The van der Waals surface area contributed by atoms with Crippen LogP contribution < -0.4 is 10.2 Å². The number of anilines is 3. The highest BCUT2D eigenvalue weighted by molar-refractivity contribution is 6.33. The van der Waals surface area contributed by atoms with Crippen LogP contribution >= 0.6 is 11.6 Å². The van der Waals surface area contributed by atoms with E-state index in [0.717, 1.165) is 24.6 Å². The Labute approximate surface area is 123 Å². The van der Waals surface area contributed by atoms with E-state index >= 15 is 0 Å². The summed E-state index contributed by atoms with van der Waals surface area (Å²) >= 11 is 6.13. The molecular weight excluding hydrogens is 272 g/mol. The molecular formula is C15H17ClN4. The average molecular weight is 289 g/mol. The first kappa shape index (κ1) is 13.2. The number of nitrogens with one attached hydrogen (secondary N) is 1. The van der Waals surface area contributed by atoms with Crippen LogP contribution in [0.1, 0.15) is 19.3 Å². The molecule has 0 unspecified atom stereocenters. The first-order valence-electron chi connectivity index (χ1n) is 6.92. The molecule has 1 saturated heterocycles. The minimum absolute atomic E-state index is 0.584.